The lowest BCUT2D eigenvalue weighted by Gasteiger charge is -2.30. The molecule has 0 aromatic heterocycles. The monoisotopic (exact) mass is 248 g/mol. The maximum Gasteiger partial charge on any atom is 0.242 e. The minimum Gasteiger partial charge on any atom is -0.340 e. The van der Waals surface area contributed by atoms with Gasteiger partial charge in [0.1, 0.15) is 0 Å². The summed E-state index contributed by atoms with van der Waals surface area (Å²) in [6.45, 7) is 4.44. The Labute approximate surface area is 97.1 Å². The first-order chi connectivity index (χ1) is 7.28. The largest absolute Gasteiger partial charge is 0.340 e. The quantitative estimate of drug-likeness (QED) is 0.724. The van der Waals surface area contributed by atoms with Gasteiger partial charge in [0, 0.05) is 13.1 Å². The second kappa shape index (κ2) is 4.71. The van der Waals surface area contributed by atoms with Crippen LogP contribution < -0.4 is 5.32 Å². The number of likely N-dealkylation sites (N-methyl/N-ethyl adjacent to an activating group) is 1. The van der Waals surface area contributed by atoms with Crippen molar-refractivity contribution in [3.8, 4) is 0 Å². The molecule has 0 radical (unpaired) electrons. The van der Waals surface area contributed by atoms with Gasteiger partial charge in [-0.05, 0) is 27.3 Å². The summed E-state index contributed by atoms with van der Waals surface area (Å²) in [6.07, 6.45) is 0.536. The number of nitrogens with zero attached hydrogens (tertiary/aromatic N) is 1. The molecule has 1 heterocycles. The van der Waals surface area contributed by atoms with Crippen molar-refractivity contribution >= 4 is 15.7 Å². The number of nitrogens with one attached hydrogen (secondary N) is 1. The number of rotatable bonds is 2. The topological polar surface area (TPSA) is 66.5 Å². The molecule has 1 aliphatic rings. The summed E-state index contributed by atoms with van der Waals surface area (Å²) in [5.41, 5.74) is -0.631. The van der Waals surface area contributed by atoms with Crippen molar-refractivity contribution in [3.05, 3.63) is 0 Å². The van der Waals surface area contributed by atoms with Crippen LogP contribution in [0.2, 0.25) is 0 Å². The van der Waals surface area contributed by atoms with Crippen LogP contribution in [-0.2, 0) is 14.6 Å². The minimum atomic E-state index is -2.95. The first-order valence-corrected chi connectivity index (χ1v) is 7.29. The summed E-state index contributed by atoms with van der Waals surface area (Å²) in [7, 11) is -1.22. The fourth-order valence-corrected chi connectivity index (χ4v) is 2.92. The number of hydrogen-bond donors (Lipinski definition) is 1. The SMILES string of the molecule is CNC(C)(C)C(=O)N1CCCS(=O)(=O)CC1. The molecule has 1 aliphatic heterocycles. The Morgan fingerprint density at radius 1 is 1.25 bits per heavy atom. The zero-order valence-electron chi connectivity index (χ0n) is 10.1. The lowest BCUT2D eigenvalue weighted by atomic mass is 10.0. The molecule has 0 aromatic carbocycles. The van der Waals surface area contributed by atoms with E-state index in [1.807, 2.05) is 0 Å². The first kappa shape index (κ1) is 13.4. The van der Waals surface area contributed by atoms with Crippen LogP contribution >= 0.6 is 0 Å². The second-order valence-corrected chi connectivity index (χ2v) is 6.98. The Balaban J connectivity index is 2.72. The molecule has 1 rings (SSSR count). The van der Waals surface area contributed by atoms with Gasteiger partial charge in [0.25, 0.3) is 0 Å². The van der Waals surface area contributed by atoms with E-state index < -0.39 is 15.4 Å². The Hall–Kier alpha value is -0.620. The molecule has 1 saturated heterocycles. The highest BCUT2D eigenvalue weighted by Crippen LogP contribution is 2.11. The van der Waals surface area contributed by atoms with Gasteiger partial charge in [-0.15, -0.1) is 0 Å². The molecule has 0 unspecified atom stereocenters. The molecule has 1 amide bonds. The van der Waals surface area contributed by atoms with E-state index in [4.69, 9.17) is 0 Å². The molecule has 0 atom stereocenters. The Morgan fingerprint density at radius 2 is 1.88 bits per heavy atom. The van der Waals surface area contributed by atoms with Crippen LogP contribution in [-0.4, -0.2) is 56.4 Å². The predicted molar refractivity (Wildman–Crippen MR) is 63.0 cm³/mol. The molecular formula is C10H20N2O3S. The van der Waals surface area contributed by atoms with Crippen molar-refractivity contribution in [1.82, 2.24) is 10.2 Å². The van der Waals surface area contributed by atoms with Crippen molar-refractivity contribution in [1.29, 1.82) is 0 Å². The Bertz CT molecular complexity index is 362. The fraction of sp³-hybridized carbons (Fsp3) is 0.900. The smallest absolute Gasteiger partial charge is 0.242 e. The summed E-state index contributed by atoms with van der Waals surface area (Å²) >= 11 is 0. The summed E-state index contributed by atoms with van der Waals surface area (Å²) in [5.74, 6) is 0.238. The van der Waals surface area contributed by atoms with Crippen molar-refractivity contribution < 1.29 is 13.2 Å². The minimum absolute atomic E-state index is 0.0351. The maximum absolute atomic E-state index is 12.1. The molecule has 0 saturated carbocycles. The van der Waals surface area contributed by atoms with Crippen LogP contribution in [0.15, 0.2) is 0 Å². The van der Waals surface area contributed by atoms with Crippen molar-refractivity contribution in [2.45, 2.75) is 25.8 Å². The van der Waals surface area contributed by atoms with E-state index in [0.29, 0.717) is 19.5 Å². The number of sulfone groups is 1. The van der Waals surface area contributed by atoms with Crippen LogP contribution in [0.4, 0.5) is 0 Å². The highest BCUT2D eigenvalue weighted by atomic mass is 32.2. The van der Waals surface area contributed by atoms with Gasteiger partial charge in [0.15, 0.2) is 9.84 Å². The maximum atomic E-state index is 12.1. The molecule has 16 heavy (non-hydrogen) atoms. The summed E-state index contributed by atoms with van der Waals surface area (Å²) < 4.78 is 22.8. The number of carbonyl (C=O) groups excluding carboxylic acids is 1. The van der Waals surface area contributed by atoms with Gasteiger partial charge < -0.3 is 10.2 Å². The lowest BCUT2D eigenvalue weighted by molar-refractivity contribution is -0.136. The van der Waals surface area contributed by atoms with Crippen LogP contribution in [0, 0.1) is 0 Å². The van der Waals surface area contributed by atoms with Crippen molar-refractivity contribution in [2.75, 3.05) is 31.6 Å². The highest BCUT2D eigenvalue weighted by molar-refractivity contribution is 7.91. The third-order valence-corrected chi connectivity index (χ3v) is 4.72. The van der Waals surface area contributed by atoms with Gasteiger partial charge in [-0.3, -0.25) is 4.79 Å². The average Bonchev–Trinajstić information content (AvgIpc) is 2.38. The molecule has 1 fully saturated rings. The summed E-state index contributed by atoms with van der Waals surface area (Å²) in [4.78, 5) is 13.7. The predicted octanol–water partition coefficient (Wildman–Crippen LogP) is -0.368. The van der Waals surface area contributed by atoms with Gasteiger partial charge in [-0.1, -0.05) is 0 Å². The van der Waals surface area contributed by atoms with Gasteiger partial charge in [0.2, 0.25) is 5.91 Å². The van der Waals surface area contributed by atoms with Crippen LogP contribution in [0.25, 0.3) is 0 Å². The standard InChI is InChI=1S/C10H20N2O3S/c1-10(2,11-3)9(13)12-5-4-7-16(14,15)8-6-12/h11H,4-8H2,1-3H3. The average molecular weight is 248 g/mol. The second-order valence-electron chi connectivity index (χ2n) is 4.67. The first-order valence-electron chi connectivity index (χ1n) is 5.47. The van der Waals surface area contributed by atoms with E-state index in [2.05, 4.69) is 5.32 Å². The molecule has 6 heteroatoms. The zero-order chi connectivity index (χ0) is 12.4. The molecule has 1 N–H and O–H groups in total. The fourth-order valence-electron chi connectivity index (χ4n) is 1.64. The van der Waals surface area contributed by atoms with Crippen molar-refractivity contribution in [3.63, 3.8) is 0 Å². The van der Waals surface area contributed by atoms with Crippen LogP contribution in [0.1, 0.15) is 20.3 Å². The van der Waals surface area contributed by atoms with Gasteiger partial charge >= 0.3 is 0 Å². The Kier molecular flexibility index (Phi) is 3.96. The van der Waals surface area contributed by atoms with E-state index in [0.717, 1.165) is 0 Å². The third-order valence-electron chi connectivity index (χ3n) is 3.00. The third kappa shape index (κ3) is 3.18. The molecule has 5 nitrogen and oxygen atoms in total. The Morgan fingerprint density at radius 3 is 2.44 bits per heavy atom. The van der Waals surface area contributed by atoms with E-state index in [1.165, 1.54) is 0 Å². The molecule has 0 spiro atoms. The number of carbonyl (C=O) groups is 1. The molecule has 94 valence electrons. The van der Waals surface area contributed by atoms with E-state index >= 15 is 0 Å². The number of hydrogen-bond acceptors (Lipinski definition) is 4. The normalized spacial score (nSPS) is 21.6. The lowest BCUT2D eigenvalue weighted by Crippen LogP contribution is -2.53. The van der Waals surface area contributed by atoms with Gasteiger partial charge in [0.05, 0.1) is 17.0 Å². The van der Waals surface area contributed by atoms with E-state index in [1.54, 1.807) is 25.8 Å². The molecule has 0 aliphatic carbocycles. The van der Waals surface area contributed by atoms with E-state index in [9.17, 15) is 13.2 Å². The highest BCUT2D eigenvalue weighted by Gasteiger charge is 2.32. The van der Waals surface area contributed by atoms with Crippen molar-refractivity contribution in [2.24, 2.45) is 0 Å². The van der Waals surface area contributed by atoms with Crippen LogP contribution in [0.5, 0.6) is 0 Å². The summed E-state index contributed by atoms with van der Waals surface area (Å²) in [5, 5.41) is 2.94. The zero-order valence-corrected chi connectivity index (χ0v) is 10.9. The van der Waals surface area contributed by atoms with Crippen LogP contribution in [0.3, 0.4) is 0 Å². The summed E-state index contributed by atoms with van der Waals surface area (Å²) in [6, 6.07) is 0. The number of amides is 1. The van der Waals surface area contributed by atoms with Gasteiger partial charge in [-0.2, -0.15) is 0 Å². The molecule has 0 bridgehead atoms. The molecule has 0 aromatic rings. The molecular weight excluding hydrogens is 228 g/mol. The van der Waals surface area contributed by atoms with Gasteiger partial charge in [-0.25, -0.2) is 8.42 Å². The van der Waals surface area contributed by atoms with E-state index in [-0.39, 0.29) is 17.4 Å².